The number of nitriles is 1. The van der Waals surface area contributed by atoms with Gasteiger partial charge in [0, 0.05) is 11.9 Å². The summed E-state index contributed by atoms with van der Waals surface area (Å²) in [4.78, 5) is 14.1. The number of thioether (sulfide) groups is 1. The highest BCUT2D eigenvalue weighted by molar-refractivity contribution is 7.99. The number of aryl methyl sites for hydroxylation is 3. The van der Waals surface area contributed by atoms with Gasteiger partial charge in [0.2, 0.25) is 5.91 Å². The van der Waals surface area contributed by atoms with Crippen LogP contribution in [0, 0.1) is 18.3 Å². The first-order valence-corrected chi connectivity index (χ1v) is 13.5. The van der Waals surface area contributed by atoms with Gasteiger partial charge < -0.3 is 10.1 Å². The van der Waals surface area contributed by atoms with Crippen molar-refractivity contribution in [3.63, 3.8) is 0 Å². The molecule has 4 aromatic rings. The molecule has 0 fully saturated rings. The van der Waals surface area contributed by atoms with Gasteiger partial charge in [-0.25, -0.2) is 0 Å². The molecule has 5 rings (SSSR count). The zero-order chi connectivity index (χ0) is 25.2. The van der Waals surface area contributed by atoms with Crippen molar-refractivity contribution in [2.75, 3.05) is 17.7 Å². The van der Waals surface area contributed by atoms with Gasteiger partial charge in [0.1, 0.15) is 22.5 Å². The van der Waals surface area contributed by atoms with E-state index in [-0.39, 0.29) is 11.7 Å². The molecule has 1 amide bonds. The smallest absolute Gasteiger partial charge is 0.235 e. The number of aromatic nitrogens is 5. The van der Waals surface area contributed by atoms with Crippen LogP contribution in [-0.2, 0) is 24.7 Å². The van der Waals surface area contributed by atoms with Crippen LogP contribution in [0.25, 0.3) is 17.2 Å². The molecule has 0 aliphatic heterocycles. The van der Waals surface area contributed by atoms with Crippen molar-refractivity contribution in [3.8, 4) is 29.0 Å². The molecule has 9 nitrogen and oxygen atoms in total. The second kappa shape index (κ2) is 10.2. The van der Waals surface area contributed by atoms with E-state index in [0.29, 0.717) is 28.2 Å². The zero-order valence-electron chi connectivity index (χ0n) is 20.2. The number of ether oxygens (including phenoxy) is 1. The third-order valence-corrected chi connectivity index (χ3v) is 8.02. The molecule has 0 atom stereocenters. The molecule has 36 heavy (non-hydrogen) atoms. The van der Waals surface area contributed by atoms with E-state index < -0.39 is 0 Å². The Balaban J connectivity index is 1.41. The highest BCUT2D eigenvalue weighted by Crippen LogP contribution is 2.38. The van der Waals surface area contributed by atoms with E-state index in [2.05, 4.69) is 26.7 Å². The van der Waals surface area contributed by atoms with Crippen LogP contribution in [0.15, 0.2) is 35.5 Å². The van der Waals surface area contributed by atoms with E-state index in [1.165, 1.54) is 28.0 Å². The van der Waals surface area contributed by atoms with Gasteiger partial charge in [-0.05, 0) is 69.0 Å². The van der Waals surface area contributed by atoms with Gasteiger partial charge in [-0.15, -0.1) is 21.5 Å². The fraction of sp³-hybridized carbons (Fsp3) is 0.320. The minimum Gasteiger partial charge on any atom is -0.494 e. The summed E-state index contributed by atoms with van der Waals surface area (Å²) in [7, 11) is 1.87. The minimum atomic E-state index is -0.185. The molecule has 0 bridgehead atoms. The molecule has 0 saturated carbocycles. The van der Waals surface area contributed by atoms with Crippen molar-refractivity contribution >= 4 is 34.0 Å². The molecule has 1 aromatic carbocycles. The summed E-state index contributed by atoms with van der Waals surface area (Å²) in [6, 6.07) is 11.9. The number of thiophene rings is 1. The topological polar surface area (TPSA) is 111 Å². The van der Waals surface area contributed by atoms with E-state index in [1.807, 2.05) is 55.8 Å². The van der Waals surface area contributed by atoms with E-state index >= 15 is 0 Å². The lowest BCUT2D eigenvalue weighted by Crippen LogP contribution is -2.14. The van der Waals surface area contributed by atoms with Crippen molar-refractivity contribution < 1.29 is 9.53 Å². The zero-order valence-corrected chi connectivity index (χ0v) is 21.9. The SMILES string of the molecule is CCOc1ccc(-n2c(SCC(=O)Nc3sc4c(c3C#N)CCC4)nnc2-c2cc(C)nn2C)cc1. The van der Waals surface area contributed by atoms with Crippen molar-refractivity contribution in [1.82, 2.24) is 24.5 Å². The van der Waals surface area contributed by atoms with Crippen molar-refractivity contribution in [2.45, 2.75) is 38.3 Å². The number of fused-ring (bicyclic) bond motifs is 1. The molecule has 0 radical (unpaired) electrons. The lowest BCUT2D eigenvalue weighted by atomic mass is 10.1. The van der Waals surface area contributed by atoms with Crippen LogP contribution in [0.2, 0.25) is 0 Å². The van der Waals surface area contributed by atoms with Crippen LogP contribution in [0.4, 0.5) is 5.00 Å². The van der Waals surface area contributed by atoms with Crippen LogP contribution in [0.5, 0.6) is 5.75 Å². The predicted molar refractivity (Wildman–Crippen MR) is 140 cm³/mol. The molecule has 3 aromatic heterocycles. The van der Waals surface area contributed by atoms with Gasteiger partial charge in [-0.2, -0.15) is 10.4 Å². The van der Waals surface area contributed by atoms with Crippen LogP contribution in [0.1, 0.15) is 35.0 Å². The van der Waals surface area contributed by atoms with Crippen LogP contribution >= 0.6 is 23.1 Å². The van der Waals surface area contributed by atoms with Gasteiger partial charge >= 0.3 is 0 Å². The number of carbonyl (C=O) groups excluding carboxylic acids is 1. The van der Waals surface area contributed by atoms with Gasteiger partial charge in [0.25, 0.3) is 0 Å². The first-order chi connectivity index (χ1) is 17.5. The van der Waals surface area contributed by atoms with Crippen molar-refractivity contribution in [3.05, 3.63) is 52.0 Å². The number of carbonyl (C=O) groups is 1. The summed E-state index contributed by atoms with van der Waals surface area (Å²) in [5, 5.41) is 27.1. The van der Waals surface area contributed by atoms with Crippen LogP contribution in [-0.4, -0.2) is 42.8 Å². The molecule has 1 aliphatic carbocycles. The van der Waals surface area contributed by atoms with Gasteiger partial charge in [-0.1, -0.05) is 11.8 Å². The maximum absolute atomic E-state index is 12.9. The standard InChI is InChI=1S/C25H25N7O2S2/c1-4-34-17-10-8-16(9-11-17)32-23(20-12-15(2)30-31(20)3)28-29-25(32)35-14-22(33)27-24-19(13-26)18-6-5-7-21(18)36-24/h8-12H,4-7,14H2,1-3H3,(H,27,33). The quantitative estimate of drug-likeness (QED) is 0.341. The lowest BCUT2D eigenvalue weighted by Gasteiger charge is -2.11. The molecule has 184 valence electrons. The third-order valence-electron chi connectivity index (χ3n) is 5.89. The maximum atomic E-state index is 12.9. The Hall–Kier alpha value is -3.62. The van der Waals surface area contributed by atoms with Crippen molar-refractivity contribution in [1.29, 1.82) is 5.26 Å². The molecule has 0 unspecified atom stereocenters. The Bertz CT molecular complexity index is 1460. The van der Waals surface area contributed by atoms with E-state index in [0.717, 1.165) is 47.7 Å². The van der Waals surface area contributed by atoms with Crippen molar-refractivity contribution in [2.24, 2.45) is 7.05 Å². The Kier molecular flexibility index (Phi) is 6.80. The van der Waals surface area contributed by atoms with E-state index in [4.69, 9.17) is 4.74 Å². The normalized spacial score (nSPS) is 12.4. The number of nitrogens with one attached hydrogen (secondary N) is 1. The van der Waals surface area contributed by atoms with Gasteiger partial charge in [0.05, 0.1) is 29.3 Å². The van der Waals surface area contributed by atoms with Gasteiger partial charge in [-0.3, -0.25) is 14.0 Å². The average molecular weight is 520 g/mol. The third kappa shape index (κ3) is 4.62. The van der Waals surface area contributed by atoms with Crippen LogP contribution in [0.3, 0.4) is 0 Å². The summed E-state index contributed by atoms with van der Waals surface area (Å²) < 4.78 is 9.28. The highest BCUT2D eigenvalue weighted by atomic mass is 32.2. The molecule has 0 saturated heterocycles. The first kappa shape index (κ1) is 24.1. The number of rotatable bonds is 8. The molecular weight excluding hydrogens is 494 g/mol. The van der Waals surface area contributed by atoms with Crippen LogP contribution < -0.4 is 10.1 Å². The minimum absolute atomic E-state index is 0.132. The fourth-order valence-electron chi connectivity index (χ4n) is 4.34. The Morgan fingerprint density at radius 2 is 2.08 bits per heavy atom. The van der Waals surface area contributed by atoms with Gasteiger partial charge in [0.15, 0.2) is 11.0 Å². The molecule has 11 heteroatoms. The Labute approximate surface area is 217 Å². The molecule has 1 N–H and O–H groups in total. The molecule has 0 spiro atoms. The number of anilines is 1. The predicted octanol–water partition coefficient (Wildman–Crippen LogP) is 4.53. The second-order valence-corrected chi connectivity index (χ2v) is 10.4. The Morgan fingerprint density at radius 3 is 2.78 bits per heavy atom. The average Bonchev–Trinajstić information content (AvgIpc) is 3.62. The largest absolute Gasteiger partial charge is 0.494 e. The Morgan fingerprint density at radius 1 is 1.28 bits per heavy atom. The summed E-state index contributed by atoms with van der Waals surface area (Å²) in [6.07, 6.45) is 2.95. The lowest BCUT2D eigenvalue weighted by molar-refractivity contribution is -0.113. The fourth-order valence-corrected chi connectivity index (χ4v) is 6.35. The van der Waals surface area contributed by atoms with E-state index in [9.17, 15) is 10.1 Å². The first-order valence-electron chi connectivity index (χ1n) is 11.7. The van der Waals surface area contributed by atoms with E-state index in [1.54, 1.807) is 4.68 Å². The molecule has 1 aliphatic rings. The highest BCUT2D eigenvalue weighted by Gasteiger charge is 2.24. The summed E-state index contributed by atoms with van der Waals surface area (Å²) >= 11 is 2.81. The molecule has 3 heterocycles. The number of benzene rings is 1. The summed E-state index contributed by atoms with van der Waals surface area (Å²) in [5.74, 6) is 1.35. The number of amides is 1. The number of hydrogen-bond acceptors (Lipinski definition) is 8. The molecular formula is C25H25N7O2S2. The number of hydrogen-bond donors (Lipinski definition) is 1. The monoisotopic (exact) mass is 519 g/mol. The summed E-state index contributed by atoms with van der Waals surface area (Å²) in [6.45, 7) is 4.46. The maximum Gasteiger partial charge on any atom is 0.235 e. The second-order valence-electron chi connectivity index (χ2n) is 8.37. The number of nitrogens with zero attached hydrogens (tertiary/aromatic N) is 6. The summed E-state index contributed by atoms with van der Waals surface area (Å²) in [5.41, 5.74) is 4.24.